The van der Waals surface area contributed by atoms with Crippen LogP contribution in [0.25, 0.3) is 10.4 Å². The van der Waals surface area contributed by atoms with Gasteiger partial charge in [0.1, 0.15) is 0 Å². The zero-order chi connectivity index (χ0) is 11.7. The van der Waals surface area contributed by atoms with E-state index in [1.54, 1.807) is 24.3 Å². The highest BCUT2D eigenvalue weighted by atomic mass is 32.2. The standard InChI is InChI=1S/C10H8N2O3S/c11-12-8-5-9(16(14)15)6-3-1-2-4-7(6)10(8)13/h1-5,10,13H,(H,14,15)/p-1. The van der Waals surface area contributed by atoms with Gasteiger partial charge in [0.05, 0.1) is 0 Å². The zero-order valence-electron chi connectivity index (χ0n) is 8.03. The lowest BCUT2D eigenvalue weighted by Gasteiger charge is -2.20. The van der Waals surface area contributed by atoms with Crippen LogP contribution in [0, 0.1) is 0 Å². The van der Waals surface area contributed by atoms with Crippen molar-refractivity contribution in [1.82, 2.24) is 0 Å². The predicted octanol–water partition coefficient (Wildman–Crippen LogP) is 0.624. The molecule has 1 aliphatic carbocycles. The Bertz CT molecular complexity index is 547. The van der Waals surface area contributed by atoms with Gasteiger partial charge in [-0.2, -0.15) is 4.79 Å². The molecule has 1 N–H and O–H groups in total. The molecule has 0 saturated carbocycles. The van der Waals surface area contributed by atoms with E-state index in [4.69, 9.17) is 5.53 Å². The van der Waals surface area contributed by atoms with Crippen molar-refractivity contribution in [2.24, 2.45) is 0 Å². The molecule has 0 amide bonds. The molecular weight excluding hydrogens is 228 g/mol. The Morgan fingerprint density at radius 2 is 2.12 bits per heavy atom. The van der Waals surface area contributed by atoms with Crippen LogP contribution in [0.3, 0.4) is 0 Å². The second kappa shape index (κ2) is 4.11. The molecule has 6 heteroatoms. The van der Waals surface area contributed by atoms with Crippen LogP contribution in [0.1, 0.15) is 17.2 Å². The van der Waals surface area contributed by atoms with Crippen molar-refractivity contribution in [3.63, 3.8) is 0 Å². The lowest BCUT2D eigenvalue weighted by atomic mass is 9.93. The van der Waals surface area contributed by atoms with E-state index in [1.807, 2.05) is 0 Å². The molecule has 2 rings (SSSR count). The number of aliphatic hydroxyl groups is 1. The van der Waals surface area contributed by atoms with Crippen molar-refractivity contribution < 1.29 is 18.7 Å². The Kier molecular flexibility index (Phi) is 2.80. The first-order valence-corrected chi connectivity index (χ1v) is 5.53. The average Bonchev–Trinajstić information content (AvgIpc) is 2.29. The van der Waals surface area contributed by atoms with E-state index < -0.39 is 17.2 Å². The first kappa shape index (κ1) is 10.9. The van der Waals surface area contributed by atoms with E-state index in [0.29, 0.717) is 11.1 Å². The highest BCUT2D eigenvalue weighted by Crippen LogP contribution is 2.31. The summed E-state index contributed by atoms with van der Waals surface area (Å²) in [6.07, 6.45) is 0.0457. The normalized spacial score (nSPS) is 20.8. The van der Waals surface area contributed by atoms with Gasteiger partial charge in [0, 0.05) is 16.5 Å². The molecule has 0 aromatic heterocycles. The minimum atomic E-state index is -2.44. The topological polar surface area (TPSA) is 96.8 Å². The van der Waals surface area contributed by atoms with Gasteiger partial charge in [-0.1, -0.05) is 24.3 Å². The zero-order valence-corrected chi connectivity index (χ0v) is 8.85. The van der Waals surface area contributed by atoms with E-state index in [9.17, 15) is 13.9 Å². The van der Waals surface area contributed by atoms with Crippen LogP contribution in [0.2, 0.25) is 0 Å². The number of hydrogen-bond donors (Lipinski definition) is 1. The Hall–Kier alpha value is -1.59. The molecule has 0 saturated heterocycles. The minimum Gasteiger partial charge on any atom is -0.768 e. The summed E-state index contributed by atoms with van der Waals surface area (Å²) in [7, 11) is 0. The molecule has 1 aliphatic rings. The highest BCUT2D eigenvalue weighted by Gasteiger charge is 2.30. The first-order chi connectivity index (χ1) is 7.65. The molecule has 2 atom stereocenters. The van der Waals surface area contributed by atoms with Crippen LogP contribution in [0.15, 0.2) is 30.3 Å². The number of hydrogen-bond acceptors (Lipinski definition) is 3. The summed E-state index contributed by atoms with van der Waals surface area (Å²) in [5.41, 5.74) is 9.42. The number of fused-ring (bicyclic) bond motifs is 1. The van der Waals surface area contributed by atoms with Gasteiger partial charge < -0.3 is 15.2 Å². The third-order valence-electron chi connectivity index (χ3n) is 2.37. The van der Waals surface area contributed by atoms with Gasteiger partial charge in [0.2, 0.25) is 0 Å². The van der Waals surface area contributed by atoms with Gasteiger partial charge in [0.25, 0.3) is 0 Å². The third kappa shape index (κ3) is 1.64. The van der Waals surface area contributed by atoms with Crippen LogP contribution in [0.5, 0.6) is 0 Å². The first-order valence-electron chi connectivity index (χ1n) is 4.45. The van der Waals surface area contributed by atoms with Gasteiger partial charge in [-0.25, -0.2) is 0 Å². The fraction of sp³-hybridized carbons (Fsp3) is 0.100. The number of benzene rings is 1. The maximum absolute atomic E-state index is 11.0. The molecule has 16 heavy (non-hydrogen) atoms. The monoisotopic (exact) mass is 235 g/mol. The summed E-state index contributed by atoms with van der Waals surface area (Å²) in [5, 5.41) is 9.78. The van der Waals surface area contributed by atoms with E-state index >= 15 is 0 Å². The van der Waals surface area contributed by atoms with Crippen molar-refractivity contribution in [3.8, 4) is 0 Å². The van der Waals surface area contributed by atoms with Gasteiger partial charge in [-0.3, -0.25) is 4.21 Å². The fourth-order valence-electron chi connectivity index (χ4n) is 1.63. The summed E-state index contributed by atoms with van der Waals surface area (Å²) in [6.45, 7) is 0. The number of nitrogens with zero attached hydrogens (tertiary/aromatic N) is 2. The van der Waals surface area contributed by atoms with E-state index in [-0.39, 0.29) is 10.6 Å². The summed E-state index contributed by atoms with van der Waals surface area (Å²) < 4.78 is 22.0. The lowest BCUT2D eigenvalue weighted by molar-refractivity contribution is -0.0188. The van der Waals surface area contributed by atoms with Crippen LogP contribution in [-0.4, -0.2) is 24.4 Å². The second-order valence-electron chi connectivity index (χ2n) is 3.26. The summed E-state index contributed by atoms with van der Waals surface area (Å²) in [5.74, 6) is 0. The van der Waals surface area contributed by atoms with Crippen LogP contribution in [0.4, 0.5) is 0 Å². The van der Waals surface area contributed by atoms with Gasteiger partial charge in [-0.05, 0) is 16.6 Å². The molecule has 82 valence electrons. The maximum Gasteiger partial charge on any atom is 0.325 e. The Morgan fingerprint density at radius 3 is 2.75 bits per heavy atom. The Balaban J connectivity index is 2.72. The molecule has 0 radical (unpaired) electrons. The average molecular weight is 235 g/mol. The third-order valence-corrected chi connectivity index (χ3v) is 3.07. The number of aliphatic hydroxyl groups excluding tert-OH is 1. The summed E-state index contributed by atoms with van der Waals surface area (Å²) in [4.78, 5) is 2.89. The molecule has 0 aliphatic heterocycles. The fourth-order valence-corrected chi connectivity index (χ4v) is 2.21. The largest absolute Gasteiger partial charge is 0.768 e. The van der Waals surface area contributed by atoms with E-state index in [1.165, 1.54) is 0 Å². The molecule has 0 spiro atoms. The highest BCUT2D eigenvalue weighted by molar-refractivity contribution is 7.89. The summed E-state index contributed by atoms with van der Waals surface area (Å²) >= 11 is -2.44. The van der Waals surface area contributed by atoms with Gasteiger partial charge in [-0.15, -0.1) is 0 Å². The Morgan fingerprint density at radius 1 is 1.44 bits per heavy atom. The van der Waals surface area contributed by atoms with Crippen LogP contribution < -0.4 is 0 Å². The van der Waals surface area contributed by atoms with Crippen LogP contribution >= 0.6 is 0 Å². The molecule has 2 unspecified atom stereocenters. The van der Waals surface area contributed by atoms with E-state index in [0.717, 1.165) is 6.08 Å². The predicted molar refractivity (Wildman–Crippen MR) is 56.9 cm³/mol. The molecule has 1 aromatic carbocycles. The quantitative estimate of drug-likeness (QED) is 0.439. The molecule has 1 aromatic rings. The molecule has 0 heterocycles. The molecule has 0 bridgehead atoms. The maximum atomic E-state index is 11.0. The Labute approximate surface area is 93.9 Å². The van der Waals surface area contributed by atoms with Gasteiger partial charge in [0.15, 0.2) is 6.10 Å². The van der Waals surface area contributed by atoms with Crippen LogP contribution in [-0.2, 0) is 11.1 Å². The van der Waals surface area contributed by atoms with Crippen molar-refractivity contribution in [2.75, 3.05) is 0 Å². The van der Waals surface area contributed by atoms with Crippen molar-refractivity contribution in [2.45, 2.75) is 6.10 Å². The lowest BCUT2D eigenvalue weighted by Crippen LogP contribution is -2.18. The van der Waals surface area contributed by atoms with Crippen molar-refractivity contribution in [1.29, 1.82) is 0 Å². The van der Waals surface area contributed by atoms with Crippen molar-refractivity contribution >= 4 is 21.7 Å². The minimum absolute atomic E-state index is 0.00806. The SMILES string of the molecule is [N-]=[N+]=C1C=C(S(=O)[O-])c2ccccc2C1O. The number of rotatable bonds is 1. The van der Waals surface area contributed by atoms with Crippen molar-refractivity contribution in [3.05, 3.63) is 47.0 Å². The van der Waals surface area contributed by atoms with Gasteiger partial charge >= 0.3 is 5.71 Å². The molecule has 0 fully saturated rings. The smallest absolute Gasteiger partial charge is 0.325 e. The van der Waals surface area contributed by atoms with E-state index in [2.05, 4.69) is 4.79 Å². The molecule has 5 nitrogen and oxygen atoms in total. The summed E-state index contributed by atoms with van der Waals surface area (Å²) in [6, 6.07) is 6.53. The molecular formula is C10H7N2O3S-. The second-order valence-corrected chi connectivity index (χ2v) is 4.17.